The first-order valence-corrected chi connectivity index (χ1v) is 12.3. The molecule has 0 spiro atoms. The van der Waals surface area contributed by atoms with Crippen LogP contribution >= 0.6 is 39.5 Å². The minimum atomic E-state index is -0.314. The Bertz CT molecular complexity index is 1350. The van der Waals surface area contributed by atoms with Gasteiger partial charge in [0, 0.05) is 23.2 Å². The molecule has 0 saturated heterocycles. The Balaban J connectivity index is 1.49. The fourth-order valence-electron chi connectivity index (χ4n) is 3.13. The second kappa shape index (κ2) is 9.94. The molecule has 2 N–H and O–H groups in total. The summed E-state index contributed by atoms with van der Waals surface area (Å²) in [6, 6.07) is 11.1. The number of aryl methyl sites for hydroxylation is 2. The fourth-order valence-corrected chi connectivity index (χ4v) is 4.68. The number of amides is 1. The van der Waals surface area contributed by atoms with Crippen molar-refractivity contribution < 1.29 is 9.53 Å². The van der Waals surface area contributed by atoms with Gasteiger partial charge in [0.25, 0.3) is 5.91 Å². The van der Waals surface area contributed by atoms with Crippen molar-refractivity contribution in [2.75, 3.05) is 11.9 Å². The Labute approximate surface area is 208 Å². The maximum absolute atomic E-state index is 12.6. The number of hydrogen-bond donors (Lipinski definition) is 2. The minimum absolute atomic E-state index is 0.205. The molecule has 0 aliphatic rings. The average molecular weight is 545 g/mol. The molecule has 0 aliphatic heterocycles. The van der Waals surface area contributed by atoms with E-state index in [4.69, 9.17) is 17.0 Å². The summed E-state index contributed by atoms with van der Waals surface area (Å²) < 4.78 is 7.96. The highest BCUT2D eigenvalue weighted by Gasteiger charge is 2.15. The molecule has 2 aromatic carbocycles. The van der Waals surface area contributed by atoms with Crippen molar-refractivity contribution in [3.05, 3.63) is 57.8 Å². The molecule has 170 valence electrons. The number of hydrogen-bond acceptors (Lipinski definition) is 7. The Morgan fingerprint density at radius 3 is 2.76 bits per heavy atom. The first kappa shape index (κ1) is 23.3. The average Bonchev–Trinajstić information content (AvgIpc) is 3.37. The highest BCUT2D eigenvalue weighted by molar-refractivity contribution is 9.10. The monoisotopic (exact) mass is 544 g/mol. The maximum atomic E-state index is 12.6. The molecule has 0 aliphatic carbocycles. The van der Waals surface area contributed by atoms with Crippen molar-refractivity contribution in [2.24, 2.45) is 0 Å². The number of carbonyl (C=O) groups is 1. The Kier molecular flexibility index (Phi) is 7.01. The number of thiocarbonyl (C=S) groups is 1. The van der Waals surface area contributed by atoms with Crippen LogP contribution in [0.25, 0.3) is 15.5 Å². The number of anilines is 1. The van der Waals surface area contributed by atoms with Crippen LogP contribution in [0.5, 0.6) is 5.75 Å². The van der Waals surface area contributed by atoms with Crippen molar-refractivity contribution in [2.45, 2.75) is 27.2 Å². The lowest BCUT2D eigenvalue weighted by Crippen LogP contribution is -2.34. The van der Waals surface area contributed by atoms with Crippen LogP contribution in [-0.2, 0) is 6.42 Å². The van der Waals surface area contributed by atoms with E-state index >= 15 is 0 Å². The summed E-state index contributed by atoms with van der Waals surface area (Å²) in [6.45, 7) is 6.43. The normalized spacial score (nSPS) is 10.9. The zero-order valence-corrected chi connectivity index (χ0v) is 21.4. The molecule has 11 heteroatoms. The molecule has 4 aromatic rings. The summed E-state index contributed by atoms with van der Waals surface area (Å²) in [5.41, 5.74) is 3.15. The molecule has 0 fully saturated rings. The van der Waals surface area contributed by atoms with Crippen molar-refractivity contribution in [1.29, 1.82) is 0 Å². The van der Waals surface area contributed by atoms with Crippen molar-refractivity contribution in [3.8, 4) is 16.3 Å². The standard InChI is InChI=1S/C22H21BrN6O2S2/c1-4-18-26-27-22-29(18)28-20(33-22)14-7-6-12(3)16(11-14)24-21(32)25-19(30)13-8-9-17(31-5-2)15(23)10-13/h6-11H,4-5H2,1-3H3,(H2,24,25,30,32). The summed E-state index contributed by atoms with van der Waals surface area (Å²) >= 11 is 10.3. The molecule has 0 radical (unpaired) electrons. The predicted octanol–water partition coefficient (Wildman–Crippen LogP) is 5.01. The van der Waals surface area contributed by atoms with Crippen LogP contribution < -0.4 is 15.4 Å². The zero-order valence-electron chi connectivity index (χ0n) is 18.2. The molecule has 0 atom stereocenters. The number of fused-ring (bicyclic) bond motifs is 1. The largest absolute Gasteiger partial charge is 0.493 e. The van der Waals surface area contributed by atoms with Gasteiger partial charge < -0.3 is 10.1 Å². The maximum Gasteiger partial charge on any atom is 0.257 e. The lowest BCUT2D eigenvalue weighted by atomic mass is 10.1. The molecule has 8 nitrogen and oxygen atoms in total. The fraction of sp³-hybridized carbons (Fsp3) is 0.227. The van der Waals surface area contributed by atoms with E-state index < -0.39 is 0 Å². The summed E-state index contributed by atoms with van der Waals surface area (Å²) in [4.78, 5) is 13.4. The number of nitrogens with zero attached hydrogens (tertiary/aromatic N) is 4. The third-order valence-corrected chi connectivity index (χ3v) is 6.60. The van der Waals surface area contributed by atoms with Gasteiger partial charge in [-0.3, -0.25) is 10.1 Å². The smallest absolute Gasteiger partial charge is 0.257 e. The molecule has 0 saturated carbocycles. The molecule has 1 amide bonds. The van der Waals surface area contributed by atoms with Gasteiger partial charge in [-0.05, 0) is 71.8 Å². The van der Waals surface area contributed by atoms with Crippen molar-refractivity contribution >= 4 is 61.2 Å². The molecule has 0 unspecified atom stereocenters. The van der Waals surface area contributed by atoms with Crippen LogP contribution in [0.4, 0.5) is 5.69 Å². The van der Waals surface area contributed by atoms with Gasteiger partial charge in [0.15, 0.2) is 10.9 Å². The Hall–Kier alpha value is -2.89. The van der Waals surface area contributed by atoms with E-state index in [2.05, 4.69) is 41.9 Å². The Morgan fingerprint density at radius 1 is 1.21 bits per heavy atom. The minimum Gasteiger partial charge on any atom is -0.493 e. The number of halogens is 1. The second-order valence-corrected chi connectivity index (χ2v) is 9.31. The van der Waals surface area contributed by atoms with E-state index in [1.54, 1.807) is 22.7 Å². The first-order chi connectivity index (χ1) is 15.9. The van der Waals surface area contributed by atoms with Gasteiger partial charge in [-0.2, -0.15) is 9.61 Å². The number of aromatic nitrogens is 4. The van der Waals surface area contributed by atoms with E-state index in [0.29, 0.717) is 22.4 Å². The lowest BCUT2D eigenvalue weighted by molar-refractivity contribution is 0.0977. The van der Waals surface area contributed by atoms with Crippen LogP contribution in [0.1, 0.15) is 35.6 Å². The van der Waals surface area contributed by atoms with Crippen molar-refractivity contribution in [3.63, 3.8) is 0 Å². The highest BCUT2D eigenvalue weighted by atomic mass is 79.9. The number of ether oxygens (including phenoxy) is 1. The topological polar surface area (TPSA) is 93.4 Å². The molecule has 2 aromatic heterocycles. The number of rotatable bonds is 6. The third-order valence-electron chi connectivity index (χ3n) is 4.83. The quantitative estimate of drug-likeness (QED) is 0.329. The lowest BCUT2D eigenvalue weighted by Gasteiger charge is -2.13. The summed E-state index contributed by atoms with van der Waals surface area (Å²) in [5.74, 6) is 1.19. The van der Waals surface area contributed by atoms with Gasteiger partial charge in [0.2, 0.25) is 4.96 Å². The van der Waals surface area contributed by atoms with Gasteiger partial charge in [0.05, 0.1) is 11.1 Å². The van der Waals surface area contributed by atoms with Crippen LogP contribution in [0, 0.1) is 6.92 Å². The summed E-state index contributed by atoms with van der Waals surface area (Å²) in [6.07, 6.45) is 0.754. The van der Waals surface area contributed by atoms with Gasteiger partial charge in [0.1, 0.15) is 10.8 Å². The van der Waals surface area contributed by atoms with E-state index in [1.807, 2.05) is 39.0 Å². The van der Waals surface area contributed by atoms with E-state index in [0.717, 1.165) is 39.0 Å². The molecule has 33 heavy (non-hydrogen) atoms. The highest BCUT2D eigenvalue weighted by Crippen LogP contribution is 2.29. The molecule has 2 heterocycles. The predicted molar refractivity (Wildman–Crippen MR) is 137 cm³/mol. The van der Waals surface area contributed by atoms with E-state index in [9.17, 15) is 4.79 Å². The third kappa shape index (κ3) is 5.05. The van der Waals surface area contributed by atoms with Gasteiger partial charge >= 0.3 is 0 Å². The van der Waals surface area contributed by atoms with Crippen molar-refractivity contribution in [1.82, 2.24) is 25.1 Å². The SMILES string of the molecule is CCOc1ccc(C(=O)NC(=S)Nc2cc(-c3nn4c(CC)nnc4s3)ccc2C)cc1Br. The summed E-state index contributed by atoms with van der Waals surface area (Å²) in [5, 5.41) is 19.8. The van der Waals surface area contributed by atoms with Crippen LogP contribution in [-0.4, -0.2) is 37.4 Å². The first-order valence-electron chi connectivity index (χ1n) is 10.3. The van der Waals surface area contributed by atoms with E-state index in [-0.39, 0.29) is 11.0 Å². The van der Waals surface area contributed by atoms with Gasteiger partial charge in [-0.15, -0.1) is 10.2 Å². The molecule has 4 rings (SSSR count). The number of benzene rings is 2. The molecular weight excluding hydrogens is 524 g/mol. The Morgan fingerprint density at radius 2 is 2.03 bits per heavy atom. The summed E-state index contributed by atoms with van der Waals surface area (Å²) in [7, 11) is 0. The zero-order chi connectivity index (χ0) is 23.5. The van der Waals surface area contributed by atoms with Gasteiger partial charge in [-0.1, -0.05) is 30.4 Å². The molecular formula is C22H21BrN6O2S2. The van der Waals surface area contributed by atoms with Gasteiger partial charge in [-0.25, -0.2) is 0 Å². The van der Waals surface area contributed by atoms with Crippen LogP contribution in [0.15, 0.2) is 40.9 Å². The van der Waals surface area contributed by atoms with E-state index in [1.165, 1.54) is 11.3 Å². The number of carbonyl (C=O) groups excluding carboxylic acids is 1. The number of nitrogens with one attached hydrogen (secondary N) is 2. The van der Waals surface area contributed by atoms with Crippen LogP contribution in [0.3, 0.4) is 0 Å². The van der Waals surface area contributed by atoms with Crippen LogP contribution in [0.2, 0.25) is 0 Å². The molecule has 0 bridgehead atoms. The second-order valence-electron chi connectivity index (χ2n) is 7.09.